The molecule has 1 aliphatic heterocycles. The number of rotatable bonds is 9. The van der Waals surface area contributed by atoms with E-state index in [2.05, 4.69) is 25.6 Å². The lowest BCUT2D eigenvalue weighted by atomic mass is 10.1. The molecule has 0 spiro atoms. The number of allylic oxidation sites excluding steroid dienone is 1. The number of carbonyl (C=O) groups excluding carboxylic acids is 2. The van der Waals surface area contributed by atoms with Crippen LogP contribution in [0.15, 0.2) is 42.0 Å². The van der Waals surface area contributed by atoms with E-state index < -0.39 is 35.7 Å². The van der Waals surface area contributed by atoms with Crippen molar-refractivity contribution in [2.75, 3.05) is 36.9 Å². The molecule has 2 aromatic rings. The smallest absolute Gasteiger partial charge is 0.434 e. The van der Waals surface area contributed by atoms with Crippen LogP contribution in [0.3, 0.4) is 0 Å². The van der Waals surface area contributed by atoms with Crippen LogP contribution in [0.4, 0.5) is 33.5 Å². The highest BCUT2D eigenvalue weighted by atomic mass is 19.4. The number of amides is 2. The number of halogens is 5. The molecule has 1 saturated heterocycles. The zero-order valence-electron chi connectivity index (χ0n) is 19.6. The highest BCUT2D eigenvalue weighted by Crippen LogP contribution is 2.27. The average Bonchev–Trinajstić information content (AvgIpc) is 3.24. The number of anilines is 2. The zero-order chi connectivity index (χ0) is 27.2. The maximum Gasteiger partial charge on any atom is 0.434 e. The van der Waals surface area contributed by atoms with E-state index in [1.807, 2.05) is 0 Å². The van der Waals surface area contributed by atoms with Crippen molar-refractivity contribution in [2.45, 2.75) is 25.9 Å². The van der Waals surface area contributed by atoms with Gasteiger partial charge in [0.05, 0.1) is 37.4 Å². The molecule has 1 atom stereocenters. The fraction of sp³-hybridized carbons (Fsp3) is 0.409. The summed E-state index contributed by atoms with van der Waals surface area (Å²) in [4.78, 5) is 37.6. The lowest BCUT2D eigenvalue weighted by molar-refractivity contribution is -0.141. The number of alkyl halides is 5. The van der Waals surface area contributed by atoms with E-state index in [9.17, 15) is 31.5 Å². The van der Waals surface area contributed by atoms with Gasteiger partial charge >= 0.3 is 6.18 Å². The summed E-state index contributed by atoms with van der Waals surface area (Å²) < 4.78 is 68.4. The molecule has 0 unspecified atom stereocenters. The van der Waals surface area contributed by atoms with E-state index in [4.69, 9.17) is 10.5 Å². The van der Waals surface area contributed by atoms with Gasteiger partial charge in [0.25, 0.3) is 18.2 Å². The van der Waals surface area contributed by atoms with Gasteiger partial charge in [0.15, 0.2) is 11.5 Å². The Labute approximate surface area is 208 Å². The van der Waals surface area contributed by atoms with Crippen LogP contribution in [-0.4, -0.2) is 64.3 Å². The average molecular weight is 529 g/mol. The monoisotopic (exact) mass is 529 g/mol. The van der Waals surface area contributed by atoms with Gasteiger partial charge in [0.2, 0.25) is 5.88 Å². The lowest BCUT2D eigenvalue weighted by Crippen LogP contribution is -2.28. The summed E-state index contributed by atoms with van der Waals surface area (Å²) in [6, 6.07) is 2.96. The number of ether oxygens (including phenoxy) is 1. The highest BCUT2D eigenvalue weighted by Gasteiger charge is 2.33. The summed E-state index contributed by atoms with van der Waals surface area (Å²) in [6.45, 7) is 2.41. The van der Waals surface area contributed by atoms with Crippen LogP contribution in [0.2, 0.25) is 0 Å². The first kappa shape index (κ1) is 27.7. The number of hydrogen-bond donors (Lipinski definition) is 3. The Morgan fingerprint density at radius 1 is 1.14 bits per heavy atom. The van der Waals surface area contributed by atoms with E-state index in [0.717, 1.165) is 6.42 Å². The summed E-state index contributed by atoms with van der Waals surface area (Å²) in [5.74, 6) is -1.86. The van der Waals surface area contributed by atoms with Gasteiger partial charge in [-0.15, -0.1) is 0 Å². The summed E-state index contributed by atoms with van der Waals surface area (Å²) in [7, 11) is 0. The minimum Gasteiger partial charge on any atom is -0.477 e. The number of likely N-dealkylation sites (tertiary alicyclic amines) is 1. The molecule has 2 aromatic heterocycles. The number of hydrogen-bond acceptors (Lipinski definition) is 8. The first-order chi connectivity index (χ1) is 17.4. The van der Waals surface area contributed by atoms with Gasteiger partial charge < -0.3 is 21.1 Å². The van der Waals surface area contributed by atoms with Gasteiger partial charge in [0.1, 0.15) is 5.57 Å². The number of aromatic nitrogens is 3. The quantitative estimate of drug-likeness (QED) is 0.195. The largest absolute Gasteiger partial charge is 0.477 e. The molecule has 0 aromatic carbocycles. The molecule has 15 heteroatoms. The van der Waals surface area contributed by atoms with E-state index in [1.54, 1.807) is 4.90 Å². The Morgan fingerprint density at radius 2 is 1.86 bits per heavy atom. The molecule has 3 heterocycles. The van der Waals surface area contributed by atoms with E-state index in [1.165, 1.54) is 25.3 Å². The van der Waals surface area contributed by atoms with Gasteiger partial charge in [-0.05, 0) is 26.0 Å². The molecule has 200 valence electrons. The molecule has 0 saturated carbocycles. The fourth-order valence-electron chi connectivity index (χ4n) is 3.53. The molecular formula is C22H24F5N7O3. The Hall–Kier alpha value is -3.88. The molecule has 0 bridgehead atoms. The molecule has 37 heavy (non-hydrogen) atoms. The van der Waals surface area contributed by atoms with Crippen molar-refractivity contribution >= 4 is 23.3 Å². The molecular weight excluding hydrogens is 505 g/mol. The molecule has 4 N–H and O–H groups in total. The SMILES string of the molecule is CC(N)=C(C(=O)Nc1ccc(OC[C@H]2CCN(CC(F)F)C2)nc1)C(=O)Nc1cnc(C(F)(F)F)cn1. The van der Waals surface area contributed by atoms with Crippen LogP contribution in [0.1, 0.15) is 19.0 Å². The second-order valence-corrected chi connectivity index (χ2v) is 8.25. The maximum absolute atomic E-state index is 12.7. The Kier molecular flexibility index (Phi) is 8.91. The first-order valence-corrected chi connectivity index (χ1v) is 11.0. The van der Waals surface area contributed by atoms with Crippen LogP contribution in [0.25, 0.3) is 0 Å². The van der Waals surface area contributed by atoms with Crippen LogP contribution in [0, 0.1) is 5.92 Å². The van der Waals surface area contributed by atoms with Crippen molar-refractivity contribution < 1.29 is 36.3 Å². The Balaban J connectivity index is 1.54. The van der Waals surface area contributed by atoms with Gasteiger partial charge in [-0.25, -0.2) is 23.7 Å². The standard InChI is InChI=1S/C22H24F5N7O3/c1-12(28)19(21(36)33-17-8-29-15(7-30-17)22(25,26)27)20(35)32-14-2-3-18(31-6-14)37-11-13-4-5-34(9-13)10-16(23)24/h2-3,6-8,13,16H,4-5,9-11,28H2,1H3,(H,32,35)(H,30,33,36)/t13-/m0/s1. The third-order valence-corrected chi connectivity index (χ3v) is 5.26. The van der Waals surface area contributed by atoms with E-state index in [-0.39, 0.29) is 35.5 Å². The van der Waals surface area contributed by atoms with Gasteiger partial charge in [-0.2, -0.15) is 13.2 Å². The first-order valence-electron chi connectivity index (χ1n) is 11.0. The molecule has 2 amide bonds. The molecule has 0 aliphatic carbocycles. The topological polar surface area (TPSA) is 135 Å². The summed E-state index contributed by atoms with van der Waals surface area (Å²) in [6.07, 6.45) is -3.92. The Morgan fingerprint density at radius 3 is 2.43 bits per heavy atom. The number of nitrogens with zero attached hydrogens (tertiary/aromatic N) is 4. The van der Waals surface area contributed by atoms with Crippen LogP contribution < -0.4 is 21.1 Å². The second kappa shape index (κ2) is 11.9. The minimum atomic E-state index is -4.70. The zero-order valence-corrected chi connectivity index (χ0v) is 19.6. The van der Waals surface area contributed by atoms with Gasteiger partial charge in [-0.1, -0.05) is 0 Å². The highest BCUT2D eigenvalue weighted by molar-refractivity contribution is 6.26. The molecule has 1 fully saturated rings. The number of pyridine rings is 1. The molecule has 1 aliphatic rings. The summed E-state index contributed by atoms with van der Waals surface area (Å²) in [5, 5.41) is 4.62. The third-order valence-electron chi connectivity index (χ3n) is 5.26. The van der Waals surface area contributed by atoms with Gasteiger partial charge in [-0.3, -0.25) is 14.5 Å². The number of nitrogens with two attached hydrogens (primary N) is 1. The summed E-state index contributed by atoms with van der Waals surface area (Å²) >= 11 is 0. The molecule has 0 radical (unpaired) electrons. The predicted molar refractivity (Wildman–Crippen MR) is 121 cm³/mol. The van der Waals surface area contributed by atoms with Crippen molar-refractivity contribution in [3.05, 3.63) is 47.7 Å². The van der Waals surface area contributed by atoms with Crippen molar-refractivity contribution in [2.24, 2.45) is 11.7 Å². The van der Waals surface area contributed by atoms with Crippen molar-refractivity contribution in [1.29, 1.82) is 0 Å². The van der Waals surface area contributed by atoms with Gasteiger partial charge in [0, 0.05) is 24.2 Å². The molecule has 10 nitrogen and oxygen atoms in total. The number of carbonyl (C=O) groups is 2. The van der Waals surface area contributed by atoms with Crippen molar-refractivity contribution in [1.82, 2.24) is 19.9 Å². The fourth-order valence-corrected chi connectivity index (χ4v) is 3.53. The minimum absolute atomic E-state index is 0.0908. The Bertz CT molecular complexity index is 1120. The van der Waals surface area contributed by atoms with Crippen molar-refractivity contribution in [3.63, 3.8) is 0 Å². The summed E-state index contributed by atoms with van der Waals surface area (Å²) in [5.41, 5.74) is 4.00. The maximum atomic E-state index is 12.7. The van der Waals surface area contributed by atoms with E-state index in [0.29, 0.717) is 32.1 Å². The third kappa shape index (κ3) is 8.06. The van der Waals surface area contributed by atoms with Crippen LogP contribution >= 0.6 is 0 Å². The van der Waals surface area contributed by atoms with Crippen LogP contribution in [0.5, 0.6) is 5.88 Å². The normalized spacial score (nSPS) is 16.9. The van der Waals surface area contributed by atoms with Crippen molar-refractivity contribution in [3.8, 4) is 5.88 Å². The van der Waals surface area contributed by atoms with Crippen LogP contribution in [-0.2, 0) is 15.8 Å². The lowest BCUT2D eigenvalue weighted by Gasteiger charge is -2.15. The van der Waals surface area contributed by atoms with E-state index >= 15 is 0 Å². The molecule has 3 rings (SSSR count). The number of nitrogens with one attached hydrogen (secondary N) is 2. The second-order valence-electron chi connectivity index (χ2n) is 8.25. The predicted octanol–water partition coefficient (Wildman–Crippen LogP) is 2.67.